The van der Waals surface area contributed by atoms with Crippen LogP contribution in [0.2, 0.25) is 0 Å². The zero-order valence-electron chi connectivity index (χ0n) is 17.4. The Labute approximate surface area is 180 Å². The number of aromatic amines is 1. The summed E-state index contributed by atoms with van der Waals surface area (Å²) in [4.78, 5) is 46.2. The molecule has 5 heterocycles. The molecule has 5 rings (SSSR count). The first kappa shape index (κ1) is 19.7. The molecule has 0 spiro atoms. The number of aromatic nitrogens is 4. The third-order valence-corrected chi connectivity index (χ3v) is 6.41. The van der Waals surface area contributed by atoms with Crippen LogP contribution in [-0.4, -0.2) is 61.2 Å². The Hall–Kier alpha value is -3.29. The number of likely N-dealkylation sites (tertiary alicyclic amines) is 2. The standard InChI is InChI=1S/C23H26N6O2/c30-21(14-17-4-1-2-9-25-17)28-12-7-16(8-13-28)23(31)29-11-3-5-20(29)22-26-18-6-10-24-15-19(18)27-22/h1-2,4,6,9-10,15-16,20H,3,5,7-8,11-14H2,(H,26,27). The van der Waals surface area contributed by atoms with Crippen molar-refractivity contribution >= 4 is 22.8 Å². The Bertz CT molecular complexity index is 1040. The highest BCUT2D eigenvalue weighted by atomic mass is 16.2. The minimum absolute atomic E-state index is 0.0104. The minimum atomic E-state index is -0.0365. The summed E-state index contributed by atoms with van der Waals surface area (Å²) in [5.74, 6) is 1.08. The van der Waals surface area contributed by atoms with Crippen LogP contribution in [0.5, 0.6) is 0 Å². The third kappa shape index (κ3) is 4.02. The van der Waals surface area contributed by atoms with Gasteiger partial charge in [0, 0.05) is 43.6 Å². The molecule has 160 valence electrons. The first-order valence-corrected chi connectivity index (χ1v) is 11.0. The summed E-state index contributed by atoms with van der Waals surface area (Å²) >= 11 is 0. The summed E-state index contributed by atoms with van der Waals surface area (Å²) in [6.07, 6.45) is 8.83. The molecule has 2 amide bonds. The number of fused-ring (bicyclic) bond motifs is 1. The van der Waals surface area contributed by atoms with Crippen molar-refractivity contribution in [2.45, 2.75) is 38.1 Å². The molecule has 0 radical (unpaired) electrons. The molecule has 2 fully saturated rings. The van der Waals surface area contributed by atoms with Crippen LogP contribution in [0, 0.1) is 5.92 Å². The molecule has 0 aromatic carbocycles. The highest BCUT2D eigenvalue weighted by Crippen LogP contribution is 2.34. The summed E-state index contributed by atoms with van der Waals surface area (Å²) < 4.78 is 0. The van der Waals surface area contributed by atoms with Crippen LogP contribution in [0.15, 0.2) is 42.9 Å². The predicted octanol–water partition coefficient (Wildman–Crippen LogP) is 2.50. The maximum atomic E-state index is 13.3. The molecule has 1 atom stereocenters. The number of nitrogens with zero attached hydrogens (tertiary/aromatic N) is 5. The van der Waals surface area contributed by atoms with Crippen LogP contribution in [0.25, 0.3) is 11.0 Å². The largest absolute Gasteiger partial charge is 0.342 e. The van der Waals surface area contributed by atoms with E-state index in [1.54, 1.807) is 18.6 Å². The summed E-state index contributed by atoms with van der Waals surface area (Å²) in [6, 6.07) is 7.48. The number of pyridine rings is 2. The molecule has 2 aliphatic rings. The van der Waals surface area contributed by atoms with E-state index in [1.807, 2.05) is 34.1 Å². The molecular formula is C23H26N6O2. The Balaban J connectivity index is 1.21. The normalized spacial score (nSPS) is 19.8. The third-order valence-electron chi connectivity index (χ3n) is 6.41. The highest BCUT2D eigenvalue weighted by Gasteiger charge is 2.37. The van der Waals surface area contributed by atoms with Crippen LogP contribution >= 0.6 is 0 Å². The number of amides is 2. The van der Waals surface area contributed by atoms with E-state index in [-0.39, 0.29) is 23.8 Å². The van der Waals surface area contributed by atoms with E-state index in [0.29, 0.717) is 32.4 Å². The number of H-pyrrole nitrogens is 1. The van der Waals surface area contributed by atoms with Crippen molar-refractivity contribution in [2.24, 2.45) is 5.92 Å². The first-order chi connectivity index (χ1) is 15.2. The molecule has 8 nitrogen and oxygen atoms in total. The second-order valence-electron chi connectivity index (χ2n) is 8.36. The summed E-state index contributed by atoms with van der Waals surface area (Å²) in [5, 5.41) is 0. The van der Waals surface area contributed by atoms with E-state index in [9.17, 15) is 9.59 Å². The Kier molecular flexibility index (Phi) is 5.36. The molecule has 2 aliphatic heterocycles. The lowest BCUT2D eigenvalue weighted by atomic mass is 9.94. The number of hydrogen-bond acceptors (Lipinski definition) is 5. The Morgan fingerprint density at radius 2 is 1.94 bits per heavy atom. The fourth-order valence-corrected chi connectivity index (χ4v) is 4.73. The molecule has 1 unspecified atom stereocenters. The van der Waals surface area contributed by atoms with Crippen LogP contribution in [0.1, 0.15) is 43.2 Å². The minimum Gasteiger partial charge on any atom is -0.342 e. The number of nitrogens with one attached hydrogen (secondary N) is 1. The van der Waals surface area contributed by atoms with Crippen LogP contribution in [-0.2, 0) is 16.0 Å². The fraction of sp³-hybridized carbons (Fsp3) is 0.435. The van der Waals surface area contributed by atoms with Crippen molar-refractivity contribution in [1.29, 1.82) is 0 Å². The number of imidazole rings is 1. The van der Waals surface area contributed by atoms with Crippen molar-refractivity contribution < 1.29 is 9.59 Å². The molecule has 1 N–H and O–H groups in total. The van der Waals surface area contributed by atoms with E-state index in [1.165, 1.54) is 0 Å². The van der Waals surface area contributed by atoms with Crippen molar-refractivity contribution in [3.05, 3.63) is 54.4 Å². The van der Waals surface area contributed by atoms with Gasteiger partial charge in [-0.25, -0.2) is 4.98 Å². The van der Waals surface area contributed by atoms with Gasteiger partial charge in [0.2, 0.25) is 11.8 Å². The van der Waals surface area contributed by atoms with Gasteiger partial charge in [0.25, 0.3) is 0 Å². The average molecular weight is 419 g/mol. The number of piperidine rings is 1. The summed E-state index contributed by atoms with van der Waals surface area (Å²) in [5.41, 5.74) is 2.56. The van der Waals surface area contributed by atoms with Gasteiger partial charge in [-0.15, -0.1) is 0 Å². The second kappa shape index (κ2) is 8.45. The van der Waals surface area contributed by atoms with E-state index in [0.717, 1.165) is 41.9 Å². The molecule has 8 heteroatoms. The zero-order valence-corrected chi connectivity index (χ0v) is 17.4. The Morgan fingerprint density at radius 3 is 2.71 bits per heavy atom. The van der Waals surface area contributed by atoms with Gasteiger partial charge in [-0.1, -0.05) is 6.07 Å². The molecule has 2 saturated heterocycles. The van der Waals surface area contributed by atoms with Gasteiger partial charge >= 0.3 is 0 Å². The van der Waals surface area contributed by atoms with E-state index >= 15 is 0 Å². The topological polar surface area (TPSA) is 95.1 Å². The SMILES string of the molecule is O=C(Cc1ccccn1)N1CCC(C(=O)N2CCCC2c2nc3ccncc3[nH]2)CC1. The van der Waals surface area contributed by atoms with Gasteiger partial charge in [-0.05, 0) is 43.9 Å². The summed E-state index contributed by atoms with van der Waals surface area (Å²) in [6.45, 7) is 2.01. The van der Waals surface area contributed by atoms with Crippen LogP contribution in [0.4, 0.5) is 0 Å². The van der Waals surface area contributed by atoms with Gasteiger partial charge in [-0.3, -0.25) is 19.6 Å². The van der Waals surface area contributed by atoms with E-state index < -0.39 is 0 Å². The van der Waals surface area contributed by atoms with Crippen LogP contribution in [0.3, 0.4) is 0 Å². The zero-order chi connectivity index (χ0) is 21.2. The van der Waals surface area contributed by atoms with Gasteiger partial charge < -0.3 is 14.8 Å². The number of rotatable bonds is 4. The first-order valence-electron chi connectivity index (χ1n) is 11.0. The van der Waals surface area contributed by atoms with Gasteiger partial charge in [-0.2, -0.15) is 0 Å². The van der Waals surface area contributed by atoms with E-state index in [4.69, 9.17) is 4.98 Å². The van der Waals surface area contributed by atoms with Gasteiger partial charge in [0.15, 0.2) is 0 Å². The lowest BCUT2D eigenvalue weighted by Crippen LogP contribution is -2.44. The maximum Gasteiger partial charge on any atom is 0.228 e. The molecule has 0 saturated carbocycles. The van der Waals surface area contributed by atoms with Gasteiger partial charge in [0.1, 0.15) is 5.82 Å². The molecule has 31 heavy (non-hydrogen) atoms. The van der Waals surface area contributed by atoms with Crippen LogP contribution < -0.4 is 0 Å². The van der Waals surface area contributed by atoms with Crippen molar-refractivity contribution in [2.75, 3.05) is 19.6 Å². The molecule has 0 aliphatic carbocycles. The molecule has 3 aromatic heterocycles. The number of hydrogen-bond donors (Lipinski definition) is 1. The van der Waals surface area contributed by atoms with Crippen molar-refractivity contribution in [3.63, 3.8) is 0 Å². The predicted molar refractivity (Wildman–Crippen MR) is 115 cm³/mol. The monoisotopic (exact) mass is 418 g/mol. The lowest BCUT2D eigenvalue weighted by molar-refractivity contribution is -0.141. The van der Waals surface area contributed by atoms with Crippen molar-refractivity contribution in [3.8, 4) is 0 Å². The molecule has 3 aromatic rings. The van der Waals surface area contributed by atoms with Crippen molar-refractivity contribution in [1.82, 2.24) is 29.7 Å². The number of carbonyl (C=O) groups is 2. The maximum absolute atomic E-state index is 13.3. The van der Waals surface area contributed by atoms with E-state index in [2.05, 4.69) is 15.0 Å². The lowest BCUT2D eigenvalue weighted by Gasteiger charge is -2.34. The second-order valence-corrected chi connectivity index (χ2v) is 8.36. The average Bonchev–Trinajstić information content (AvgIpc) is 3.46. The molecular weight excluding hydrogens is 392 g/mol. The smallest absolute Gasteiger partial charge is 0.228 e. The number of carbonyl (C=O) groups excluding carboxylic acids is 2. The fourth-order valence-electron chi connectivity index (χ4n) is 4.73. The summed E-state index contributed by atoms with van der Waals surface area (Å²) in [7, 11) is 0. The Morgan fingerprint density at radius 1 is 1.06 bits per heavy atom. The molecule has 0 bridgehead atoms. The highest BCUT2D eigenvalue weighted by molar-refractivity contribution is 5.81. The quantitative estimate of drug-likeness (QED) is 0.702. The van der Waals surface area contributed by atoms with Gasteiger partial charge in [0.05, 0.1) is 29.7 Å².